The van der Waals surface area contributed by atoms with E-state index < -0.39 is 33.8 Å². The first-order valence-electron chi connectivity index (χ1n) is 8.10. The Hall–Kier alpha value is -3.04. The van der Waals surface area contributed by atoms with Gasteiger partial charge in [-0.15, -0.1) is 0 Å². The normalized spacial score (nSPS) is 17.9. The van der Waals surface area contributed by atoms with Crippen LogP contribution in [0.15, 0.2) is 65.6 Å². The highest BCUT2D eigenvalue weighted by Crippen LogP contribution is 2.20. The van der Waals surface area contributed by atoms with Crippen molar-refractivity contribution in [1.82, 2.24) is 14.5 Å². The number of rotatable bonds is 5. The third kappa shape index (κ3) is 3.60. The number of likely N-dealkylation sites (N-methyl/N-ethyl adjacent to an activating group) is 1. The van der Waals surface area contributed by atoms with Crippen molar-refractivity contribution in [3.8, 4) is 0 Å². The SMILES string of the molecule is CN(C1C(=N)N(Cc2ccccc2)C(=O)NC1=O)S(=O)(=O)c1ccccc1. The maximum absolute atomic E-state index is 12.8. The van der Waals surface area contributed by atoms with Crippen LogP contribution < -0.4 is 5.32 Å². The highest BCUT2D eigenvalue weighted by atomic mass is 32.2. The summed E-state index contributed by atoms with van der Waals surface area (Å²) in [5.41, 5.74) is 0.749. The van der Waals surface area contributed by atoms with Crippen molar-refractivity contribution in [3.05, 3.63) is 66.2 Å². The average Bonchev–Trinajstić information content (AvgIpc) is 2.66. The molecule has 3 rings (SSSR count). The van der Waals surface area contributed by atoms with Gasteiger partial charge in [-0.3, -0.25) is 20.4 Å². The quantitative estimate of drug-likeness (QED) is 0.809. The Balaban J connectivity index is 1.91. The predicted octanol–water partition coefficient (Wildman–Crippen LogP) is 1.40. The van der Waals surface area contributed by atoms with Gasteiger partial charge in [-0.05, 0) is 17.7 Å². The fraction of sp³-hybridized carbons (Fsp3) is 0.167. The van der Waals surface area contributed by atoms with E-state index in [9.17, 15) is 18.0 Å². The third-order valence-corrected chi connectivity index (χ3v) is 6.08. The Morgan fingerprint density at radius 1 is 1.04 bits per heavy atom. The summed E-state index contributed by atoms with van der Waals surface area (Å²) in [5, 5.41) is 10.5. The smallest absolute Gasteiger partial charge is 0.286 e. The van der Waals surface area contributed by atoms with Gasteiger partial charge in [0.25, 0.3) is 5.91 Å². The Kier molecular flexibility index (Phi) is 5.06. The molecule has 1 atom stereocenters. The van der Waals surface area contributed by atoms with E-state index in [4.69, 9.17) is 5.41 Å². The van der Waals surface area contributed by atoms with E-state index in [0.29, 0.717) is 0 Å². The number of carbonyl (C=O) groups is 2. The highest BCUT2D eigenvalue weighted by Gasteiger charge is 2.44. The number of amidine groups is 1. The number of sulfonamides is 1. The molecule has 1 unspecified atom stereocenters. The molecule has 0 aromatic heterocycles. The van der Waals surface area contributed by atoms with E-state index in [1.54, 1.807) is 42.5 Å². The zero-order valence-electron chi connectivity index (χ0n) is 14.5. The Morgan fingerprint density at radius 2 is 1.59 bits per heavy atom. The number of nitrogens with one attached hydrogen (secondary N) is 2. The molecule has 9 heteroatoms. The molecular formula is C18H18N4O4S. The van der Waals surface area contributed by atoms with Gasteiger partial charge in [0, 0.05) is 7.05 Å². The predicted molar refractivity (Wildman–Crippen MR) is 98.4 cm³/mol. The number of hydrogen-bond donors (Lipinski definition) is 2. The molecule has 140 valence electrons. The maximum atomic E-state index is 12.8. The first kappa shape index (κ1) is 18.7. The molecule has 0 bridgehead atoms. The van der Waals surface area contributed by atoms with Gasteiger partial charge in [0.2, 0.25) is 10.0 Å². The summed E-state index contributed by atoms with van der Waals surface area (Å²) in [4.78, 5) is 25.6. The molecule has 0 aliphatic carbocycles. The molecule has 2 aromatic carbocycles. The average molecular weight is 386 g/mol. The fourth-order valence-electron chi connectivity index (χ4n) is 2.78. The van der Waals surface area contributed by atoms with Crippen LogP contribution in [-0.4, -0.2) is 48.5 Å². The second kappa shape index (κ2) is 7.29. The summed E-state index contributed by atoms with van der Waals surface area (Å²) in [6.07, 6.45) is 0. The largest absolute Gasteiger partial charge is 0.329 e. The summed E-state index contributed by atoms with van der Waals surface area (Å²) in [6, 6.07) is 14.4. The van der Waals surface area contributed by atoms with E-state index in [1.165, 1.54) is 19.2 Å². The molecule has 1 saturated heterocycles. The molecule has 3 amide bonds. The van der Waals surface area contributed by atoms with E-state index in [2.05, 4.69) is 5.32 Å². The lowest BCUT2D eigenvalue weighted by Crippen LogP contribution is -2.65. The summed E-state index contributed by atoms with van der Waals surface area (Å²) in [5.74, 6) is -1.24. The first-order chi connectivity index (χ1) is 12.8. The number of amides is 3. The molecule has 2 N–H and O–H groups in total. The van der Waals surface area contributed by atoms with Crippen molar-refractivity contribution >= 4 is 27.8 Å². The van der Waals surface area contributed by atoms with Crippen LogP contribution in [0.1, 0.15) is 5.56 Å². The lowest BCUT2D eigenvalue weighted by molar-refractivity contribution is -0.122. The lowest BCUT2D eigenvalue weighted by atomic mass is 10.1. The molecule has 0 saturated carbocycles. The summed E-state index contributed by atoms with van der Waals surface area (Å²) >= 11 is 0. The second-order valence-electron chi connectivity index (χ2n) is 5.99. The number of imide groups is 1. The molecule has 0 radical (unpaired) electrons. The minimum atomic E-state index is -4.02. The Bertz CT molecular complexity index is 977. The van der Waals surface area contributed by atoms with Crippen LogP contribution in [0.4, 0.5) is 4.79 Å². The topological polar surface area (TPSA) is 111 Å². The van der Waals surface area contributed by atoms with Crippen molar-refractivity contribution in [2.75, 3.05) is 7.05 Å². The molecule has 1 aliphatic heterocycles. The van der Waals surface area contributed by atoms with Crippen LogP contribution in [0.25, 0.3) is 0 Å². The minimum Gasteiger partial charge on any atom is -0.286 e. The van der Waals surface area contributed by atoms with E-state index in [-0.39, 0.29) is 11.4 Å². The van der Waals surface area contributed by atoms with Crippen LogP contribution in [-0.2, 0) is 21.4 Å². The highest BCUT2D eigenvalue weighted by molar-refractivity contribution is 7.89. The van der Waals surface area contributed by atoms with Gasteiger partial charge in [0.1, 0.15) is 5.84 Å². The fourth-order valence-corrected chi connectivity index (χ4v) is 4.09. The van der Waals surface area contributed by atoms with Crippen LogP contribution in [0.2, 0.25) is 0 Å². The lowest BCUT2D eigenvalue weighted by Gasteiger charge is -2.36. The molecule has 1 aliphatic rings. The number of carbonyl (C=O) groups excluding carboxylic acids is 2. The summed E-state index contributed by atoms with van der Waals surface area (Å²) in [6.45, 7) is 0.0501. The van der Waals surface area contributed by atoms with Crippen LogP contribution in [0.5, 0.6) is 0 Å². The molecular weight excluding hydrogens is 368 g/mol. The van der Waals surface area contributed by atoms with E-state index in [1.807, 2.05) is 6.07 Å². The second-order valence-corrected chi connectivity index (χ2v) is 7.99. The van der Waals surface area contributed by atoms with E-state index >= 15 is 0 Å². The van der Waals surface area contributed by atoms with Crippen molar-refractivity contribution in [1.29, 1.82) is 5.41 Å². The first-order valence-corrected chi connectivity index (χ1v) is 9.54. The van der Waals surface area contributed by atoms with Gasteiger partial charge in [0.05, 0.1) is 11.4 Å². The number of hydrogen-bond acceptors (Lipinski definition) is 5. The Morgan fingerprint density at radius 3 is 2.19 bits per heavy atom. The van der Waals surface area contributed by atoms with Gasteiger partial charge < -0.3 is 0 Å². The van der Waals surface area contributed by atoms with Crippen molar-refractivity contribution < 1.29 is 18.0 Å². The summed E-state index contributed by atoms with van der Waals surface area (Å²) < 4.78 is 26.4. The Labute approximate surface area is 157 Å². The van der Waals surface area contributed by atoms with Crippen LogP contribution in [0, 0.1) is 5.41 Å². The zero-order valence-corrected chi connectivity index (χ0v) is 15.3. The van der Waals surface area contributed by atoms with Crippen molar-refractivity contribution in [2.45, 2.75) is 17.5 Å². The van der Waals surface area contributed by atoms with Gasteiger partial charge in [0.15, 0.2) is 6.04 Å². The zero-order chi connectivity index (χ0) is 19.6. The number of nitrogens with zero attached hydrogens (tertiary/aromatic N) is 2. The van der Waals surface area contributed by atoms with Gasteiger partial charge in [-0.25, -0.2) is 13.2 Å². The van der Waals surface area contributed by atoms with Crippen LogP contribution in [0.3, 0.4) is 0 Å². The van der Waals surface area contributed by atoms with Crippen LogP contribution >= 0.6 is 0 Å². The molecule has 0 spiro atoms. The number of urea groups is 1. The third-order valence-electron chi connectivity index (χ3n) is 4.24. The van der Waals surface area contributed by atoms with Gasteiger partial charge >= 0.3 is 6.03 Å². The standard InChI is InChI=1S/C18H18N4O4S/c1-21(27(25,26)14-10-6-3-7-11-14)15-16(19)22(18(24)20-17(15)23)12-13-8-4-2-5-9-13/h2-11,15,19H,12H2,1H3,(H,20,23,24). The molecule has 2 aromatic rings. The van der Waals surface area contributed by atoms with Crippen molar-refractivity contribution in [3.63, 3.8) is 0 Å². The monoisotopic (exact) mass is 386 g/mol. The molecule has 1 heterocycles. The van der Waals surface area contributed by atoms with Crippen molar-refractivity contribution in [2.24, 2.45) is 0 Å². The minimum absolute atomic E-state index is 0.000362. The molecule has 8 nitrogen and oxygen atoms in total. The summed E-state index contributed by atoms with van der Waals surface area (Å²) in [7, 11) is -2.80. The van der Waals surface area contributed by atoms with Gasteiger partial charge in [-0.2, -0.15) is 4.31 Å². The number of benzene rings is 2. The molecule has 1 fully saturated rings. The van der Waals surface area contributed by atoms with Gasteiger partial charge in [-0.1, -0.05) is 48.5 Å². The molecule has 27 heavy (non-hydrogen) atoms. The van der Waals surface area contributed by atoms with E-state index in [0.717, 1.165) is 14.8 Å². The maximum Gasteiger partial charge on any atom is 0.329 e.